The van der Waals surface area contributed by atoms with Crippen LogP contribution in [-0.2, 0) is 9.47 Å². The number of carbonyl (C=O) groups is 1. The molecule has 7 nitrogen and oxygen atoms in total. The van der Waals surface area contributed by atoms with E-state index in [2.05, 4.69) is 4.74 Å². The standard InChI is InChI=1S/C14H18O7/c1-19-14(18)8-2-4-9(5-3-8)20-12-6-10(16)13(17)11(7-15)21-12/h2-5,10-13,15-17H,6-7H2,1H3. The average molecular weight is 298 g/mol. The molecule has 0 amide bonds. The molecule has 1 aromatic rings. The maximum absolute atomic E-state index is 11.3. The van der Waals surface area contributed by atoms with Crippen molar-refractivity contribution >= 4 is 5.97 Å². The Morgan fingerprint density at radius 3 is 2.57 bits per heavy atom. The number of benzene rings is 1. The first-order chi connectivity index (χ1) is 10.0. The Hall–Kier alpha value is -1.67. The van der Waals surface area contributed by atoms with Gasteiger partial charge in [0.15, 0.2) is 0 Å². The first-order valence-corrected chi connectivity index (χ1v) is 6.52. The quantitative estimate of drug-likeness (QED) is 0.654. The number of ether oxygens (including phenoxy) is 3. The second-order valence-corrected chi connectivity index (χ2v) is 4.71. The van der Waals surface area contributed by atoms with E-state index >= 15 is 0 Å². The number of methoxy groups -OCH3 is 1. The van der Waals surface area contributed by atoms with Crippen LogP contribution in [0.4, 0.5) is 0 Å². The minimum atomic E-state index is -1.14. The monoisotopic (exact) mass is 298 g/mol. The molecular weight excluding hydrogens is 280 g/mol. The third-order valence-corrected chi connectivity index (χ3v) is 3.26. The van der Waals surface area contributed by atoms with E-state index in [1.807, 2.05) is 0 Å². The van der Waals surface area contributed by atoms with Gasteiger partial charge < -0.3 is 29.5 Å². The number of esters is 1. The SMILES string of the molecule is COC(=O)c1ccc(OC2CC(O)C(O)C(CO)O2)cc1. The normalized spacial score (nSPS) is 29.0. The van der Waals surface area contributed by atoms with Crippen LogP contribution < -0.4 is 4.74 Å². The van der Waals surface area contributed by atoms with E-state index in [1.165, 1.54) is 7.11 Å². The lowest BCUT2D eigenvalue weighted by Crippen LogP contribution is -2.51. The molecule has 21 heavy (non-hydrogen) atoms. The second kappa shape index (κ2) is 6.86. The van der Waals surface area contributed by atoms with E-state index in [1.54, 1.807) is 24.3 Å². The van der Waals surface area contributed by atoms with E-state index in [0.29, 0.717) is 11.3 Å². The molecule has 3 N–H and O–H groups in total. The highest BCUT2D eigenvalue weighted by Crippen LogP contribution is 2.23. The first-order valence-electron chi connectivity index (χ1n) is 6.52. The zero-order valence-electron chi connectivity index (χ0n) is 11.5. The summed E-state index contributed by atoms with van der Waals surface area (Å²) in [5.74, 6) is -0.0118. The molecule has 0 aromatic heterocycles. The van der Waals surface area contributed by atoms with Gasteiger partial charge in [0, 0.05) is 6.42 Å². The van der Waals surface area contributed by atoms with Gasteiger partial charge >= 0.3 is 5.97 Å². The van der Waals surface area contributed by atoms with Gasteiger partial charge in [-0.3, -0.25) is 0 Å². The molecular formula is C14H18O7. The molecule has 1 heterocycles. The van der Waals surface area contributed by atoms with Crippen molar-refractivity contribution in [1.29, 1.82) is 0 Å². The van der Waals surface area contributed by atoms with Gasteiger partial charge in [-0.05, 0) is 24.3 Å². The Morgan fingerprint density at radius 2 is 2.00 bits per heavy atom. The van der Waals surface area contributed by atoms with E-state index in [9.17, 15) is 15.0 Å². The molecule has 1 aromatic carbocycles. The van der Waals surface area contributed by atoms with E-state index in [4.69, 9.17) is 14.6 Å². The molecule has 0 bridgehead atoms. The topological polar surface area (TPSA) is 105 Å². The van der Waals surface area contributed by atoms with Gasteiger partial charge in [0.25, 0.3) is 0 Å². The van der Waals surface area contributed by atoms with Gasteiger partial charge in [-0.15, -0.1) is 0 Å². The average Bonchev–Trinajstić information content (AvgIpc) is 2.50. The van der Waals surface area contributed by atoms with Crippen LogP contribution in [-0.4, -0.2) is 59.6 Å². The molecule has 0 aliphatic carbocycles. The Balaban J connectivity index is 1.99. The number of hydrogen-bond acceptors (Lipinski definition) is 7. The van der Waals surface area contributed by atoms with Crippen LogP contribution in [0.5, 0.6) is 5.75 Å². The van der Waals surface area contributed by atoms with Crippen LogP contribution >= 0.6 is 0 Å². The molecule has 116 valence electrons. The Kier molecular flexibility index (Phi) is 5.13. The van der Waals surface area contributed by atoms with Crippen molar-refractivity contribution in [3.05, 3.63) is 29.8 Å². The van der Waals surface area contributed by atoms with Gasteiger partial charge in [-0.1, -0.05) is 0 Å². The van der Waals surface area contributed by atoms with Crippen LogP contribution in [0, 0.1) is 0 Å². The van der Waals surface area contributed by atoms with Gasteiger partial charge in [-0.25, -0.2) is 4.79 Å². The number of rotatable bonds is 4. The molecule has 0 radical (unpaired) electrons. The summed E-state index contributed by atoms with van der Waals surface area (Å²) in [5.41, 5.74) is 0.387. The molecule has 0 spiro atoms. The lowest BCUT2D eigenvalue weighted by atomic mass is 10.0. The highest BCUT2D eigenvalue weighted by molar-refractivity contribution is 5.89. The van der Waals surface area contributed by atoms with Crippen molar-refractivity contribution in [3.63, 3.8) is 0 Å². The van der Waals surface area contributed by atoms with Crippen molar-refractivity contribution in [3.8, 4) is 5.75 Å². The van der Waals surface area contributed by atoms with Gasteiger partial charge in [0.1, 0.15) is 18.0 Å². The van der Waals surface area contributed by atoms with Gasteiger partial charge in [0.2, 0.25) is 6.29 Å². The fourth-order valence-electron chi connectivity index (χ4n) is 2.08. The lowest BCUT2D eigenvalue weighted by Gasteiger charge is -2.36. The minimum Gasteiger partial charge on any atom is -0.465 e. The molecule has 4 unspecified atom stereocenters. The van der Waals surface area contributed by atoms with E-state index in [0.717, 1.165) is 0 Å². The summed E-state index contributed by atoms with van der Waals surface area (Å²) in [6, 6.07) is 6.22. The first kappa shape index (κ1) is 15.7. The number of carbonyl (C=O) groups excluding carboxylic acids is 1. The maximum atomic E-state index is 11.3. The number of aliphatic hydroxyl groups is 3. The summed E-state index contributed by atoms with van der Waals surface area (Å²) in [6.45, 7) is -0.417. The van der Waals surface area contributed by atoms with Crippen molar-refractivity contribution in [2.24, 2.45) is 0 Å². The summed E-state index contributed by atoms with van der Waals surface area (Å²) >= 11 is 0. The fourth-order valence-corrected chi connectivity index (χ4v) is 2.08. The summed E-state index contributed by atoms with van der Waals surface area (Å²) in [4.78, 5) is 11.3. The van der Waals surface area contributed by atoms with Crippen LogP contribution in [0.3, 0.4) is 0 Å². The predicted octanol–water partition coefficient (Wildman–Crippen LogP) is -0.319. The van der Waals surface area contributed by atoms with Crippen LogP contribution in [0.2, 0.25) is 0 Å². The summed E-state index contributed by atoms with van der Waals surface area (Å²) < 4.78 is 15.5. The van der Waals surface area contributed by atoms with Gasteiger partial charge in [0.05, 0.1) is 25.4 Å². The fraction of sp³-hybridized carbons (Fsp3) is 0.500. The minimum absolute atomic E-state index is 0.0798. The molecule has 2 rings (SSSR count). The van der Waals surface area contributed by atoms with Crippen molar-refractivity contribution < 1.29 is 34.3 Å². The lowest BCUT2D eigenvalue weighted by molar-refractivity contribution is -0.229. The second-order valence-electron chi connectivity index (χ2n) is 4.71. The third-order valence-electron chi connectivity index (χ3n) is 3.26. The Labute approximate surface area is 121 Å². The molecule has 7 heteroatoms. The zero-order chi connectivity index (χ0) is 15.4. The third kappa shape index (κ3) is 3.70. The summed E-state index contributed by atoms with van der Waals surface area (Å²) in [6.07, 6.45) is -3.78. The van der Waals surface area contributed by atoms with Gasteiger partial charge in [-0.2, -0.15) is 0 Å². The summed E-state index contributed by atoms with van der Waals surface area (Å²) in [7, 11) is 1.30. The molecule has 1 aliphatic rings. The highest BCUT2D eigenvalue weighted by Gasteiger charge is 2.37. The summed E-state index contributed by atoms with van der Waals surface area (Å²) in [5, 5.41) is 28.4. The smallest absolute Gasteiger partial charge is 0.337 e. The van der Waals surface area contributed by atoms with E-state index < -0.39 is 37.2 Å². The van der Waals surface area contributed by atoms with Crippen LogP contribution in [0.25, 0.3) is 0 Å². The van der Waals surface area contributed by atoms with E-state index in [-0.39, 0.29) is 6.42 Å². The molecule has 0 saturated carbocycles. The van der Waals surface area contributed by atoms with Crippen molar-refractivity contribution in [2.75, 3.05) is 13.7 Å². The van der Waals surface area contributed by atoms with Crippen molar-refractivity contribution in [1.82, 2.24) is 0 Å². The Morgan fingerprint density at radius 1 is 1.33 bits per heavy atom. The predicted molar refractivity (Wildman–Crippen MR) is 70.8 cm³/mol. The molecule has 1 fully saturated rings. The largest absolute Gasteiger partial charge is 0.465 e. The number of hydrogen-bond donors (Lipinski definition) is 3. The van der Waals surface area contributed by atoms with Crippen molar-refractivity contribution in [2.45, 2.75) is 31.0 Å². The molecule has 1 saturated heterocycles. The Bertz CT molecular complexity index is 473. The zero-order valence-corrected chi connectivity index (χ0v) is 11.5. The molecule has 1 aliphatic heterocycles. The maximum Gasteiger partial charge on any atom is 0.337 e. The van der Waals surface area contributed by atoms with Crippen LogP contribution in [0.1, 0.15) is 16.8 Å². The number of aliphatic hydroxyl groups excluding tert-OH is 3. The van der Waals surface area contributed by atoms with Crippen LogP contribution in [0.15, 0.2) is 24.3 Å². The molecule has 4 atom stereocenters. The highest BCUT2D eigenvalue weighted by atomic mass is 16.7.